The van der Waals surface area contributed by atoms with E-state index in [-0.39, 0.29) is 5.97 Å². The zero-order valence-corrected chi connectivity index (χ0v) is 17.7. The molecule has 1 aliphatic rings. The van der Waals surface area contributed by atoms with E-state index >= 15 is 0 Å². The molecule has 0 saturated heterocycles. The topological polar surface area (TPSA) is 48.0 Å². The predicted molar refractivity (Wildman–Crippen MR) is 112 cm³/mol. The quantitative estimate of drug-likeness (QED) is 0.611. The highest BCUT2D eigenvalue weighted by Crippen LogP contribution is 2.54. The molecule has 1 aliphatic heterocycles. The maximum atomic E-state index is 12.9. The van der Waals surface area contributed by atoms with Crippen LogP contribution in [-0.2, 0) is 9.53 Å². The number of hydrogen-bond donors (Lipinski definition) is 0. The number of methoxy groups -OCH3 is 2. The molecule has 0 radical (unpaired) electrons. The van der Waals surface area contributed by atoms with Crippen LogP contribution in [0.25, 0.3) is 11.1 Å². The summed E-state index contributed by atoms with van der Waals surface area (Å²) in [7, 11) is 3.27. The summed E-state index contributed by atoms with van der Waals surface area (Å²) in [6, 6.07) is 11.8. The third-order valence-corrected chi connectivity index (χ3v) is 6.30. The summed E-state index contributed by atoms with van der Waals surface area (Å²) in [5.41, 5.74) is 2.90. The van der Waals surface area contributed by atoms with Crippen molar-refractivity contribution in [2.75, 3.05) is 40.5 Å². The molecular weight excluding hydrogens is 374 g/mol. The van der Waals surface area contributed by atoms with Crippen LogP contribution in [0.15, 0.2) is 41.3 Å². The Morgan fingerprint density at radius 3 is 2.50 bits per heavy atom. The first kappa shape index (κ1) is 20.6. The van der Waals surface area contributed by atoms with E-state index in [1.54, 1.807) is 14.2 Å². The molecular formula is C22H27NO4S. The van der Waals surface area contributed by atoms with Crippen molar-refractivity contribution in [2.45, 2.75) is 24.0 Å². The Morgan fingerprint density at radius 1 is 1.07 bits per heavy atom. The lowest BCUT2D eigenvalue weighted by atomic mass is 9.95. The summed E-state index contributed by atoms with van der Waals surface area (Å²) >= 11 is 1.50. The van der Waals surface area contributed by atoms with Gasteiger partial charge in [-0.3, -0.25) is 4.79 Å². The fourth-order valence-electron chi connectivity index (χ4n) is 3.47. The number of ether oxygens (including phenoxy) is 3. The van der Waals surface area contributed by atoms with E-state index in [9.17, 15) is 4.79 Å². The summed E-state index contributed by atoms with van der Waals surface area (Å²) in [5.74, 6) is 1.16. The van der Waals surface area contributed by atoms with Gasteiger partial charge in [-0.25, -0.2) is 0 Å². The predicted octanol–water partition coefficient (Wildman–Crippen LogP) is 4.40. The second kappa shape index (κ2) is 9.34. The van der Waals surface area contributed by atoms with E-state index in [0.717, 1.165) is 41.2 Å². The lowest BCUT2D eigenvalue weighted by Gasteiger charge is -2.28. The highest BCUT2D eigenvalue weighted by molar-refractivity contribution is 8.00. The maximum absolute atomic E-state index is 12.9. The van der Waals surface area contributed by atoms with Crippen molar-refractivity contribution in [2.24, 2.45) is 0 Å². The number of thioether (sulfide) groups is 1. The summed E-state index contributed by atoms with van der Waals surface area (Å²) in [6.45, 7) is 7.26. The molecule has 5 nitrogen and oxygen atoms in total. The highest BCUT2D eigenvalue weighted by atomic mass is 32.2. The first-order valence-electron chi connectivity index (χ1n) is 9.54. The molecule has 0 fully saturated rings. The molecule has 0 aromatic heterocycles. The number of esters is 1. The van der Waals surface area contributed by atoms with Crippen LogP contribution in [0.2, 0.25) is 0 Å². The number of hydrogen-bond acceptors (Lipinski definition) is 6. The van der Waals surface area contributed by atoms with E-state index in [1.165, 1.54) is 11.8 Å². The SMILES string of the molecule is CCN(CC)CCOC(=O)C1Sc2ccc(OC)c(OC)c2-c2ccccc21. The van der Waals surface area contributed by atoms with Crippen LogP contribution < -0.4 is 9.47 Å². The van der Waals surface area contributed by atoms with Gasteiger partial charge in [-0.1, -0.05) is 38.1 Å². The lowest BCUT2D eigenvalue weighted by Crippen LogP contribution is -2.28. The molecule has 1 atom stereocenters. The third-order valence-electron chi connectivity index (χ3n) is 5.03. The lowest BCUT2D eigenvalue weighted by molar-refractivity contribution is -0.143. The van der Waals surface area contributed by atoms with Crippen molar-refractivity contribution in [1.82, 2.24) is 4.90 Å². The van der Waals surface area contributed by atoms with Crippen LogP contribution in [-0.4, -0.2) is 51.3 Å². The molecule has 0 spiro atoms. The minimum absolute atomic E-state index is 0.204. The Balaban J connectivity index is 1.89. The number of benzene rings is 2. The van der Waals surface area contributed by atoms with Gasteiger partial charge >= 0.3 is 5.97 Å². The van der Waals surface area contributed by atoms with Gasteiger partial charge in [0.2, 0.25) is 0 Å². The Bertz CT molecular complexity index is 835. The molecule has 3 rings (SSSR count). The molecule has 6 heteroatoms. The molecule has 2 aromatic carbocycles. The maximum Gasteiger partial charge on any atom is 0.324 e. The Hall–Kier alpha value is -2.18. The molecule has 150 valence electrons. The van der Waals surface area contributed by atoms with Gasteiger partial charge < -0.3 is 19.1 Å². The molecule has 1 heterocycles. The van der Waals surface area contributed by atoms with Crippen molar-refractivity contribution >= 4 is 17.7 Å². The van der Waals surface area contributed by atoms with Crippen molar-refractivity contribution in [3.05, 3.63) is 42.0 Å². The van der Waals surface area contributed by atoms with Crippen molar-refractivity contribution in [1.29, 1.82) is 0 Å². The van der Waals surface area contributed by atoms with Gasteiger partial charge in [-0.05, 0) is 36.3 Å². The molecule has 28 heavy (non-hydrogen) atoms. The van der Waals surface area contributed by atoms with E-state index in [4.69, 9.17) is 14.2 Å². The van der Waals surface area contributed by atoms with E-state index in [0.29, 0.717) is 18.1 Å². The van der Waals surface area contributed by atoms with E-state index in [1.807, 2.05) is 36.4 Å². The van der Waals surface area contributed by atoms with E-state index in [2.05, 4.69) is 18.7 Å². The normalized spacial score (nSPS) is 15.0. The first-order chi connectivity index (χ1) is 13.6. The first-order valence-corrected chi connectivity index (χ1v) is 10.4. The van der Waals surface area contributed by atoms with Gasteiger partial charge in [0.15, 0.2) is 11.5 Å². The minimum Gasteiger partial charge on any atom is -0.493 e. The Kier molecular flexibility index (Phi) is 6.86. The van der Waals surface area contributed by atoms with Gasteiger partial charge in [-0.2, -0.15) is 0 Å². The van der Waals surface area contributed by atoms with Crippen LogP contribution in [0.1, 0.15) is 24.7 Å². The number of carbonyl (C=O) groups is 1. The average molecular weight is 402 g/mol. The third kappa shape index (κ3) is 3.98. The number of fused-ring (bicyclic) bond motifs is 3. The van der Waals surface area contributed by atoms with Crippen molar-refractivity contribution in [3.8, 4) is 22.6 Å². The van der Waals surface area contributed by atoms with E-state index < -0.39 is 5.25 Å². The fourth-order valence-corrected chi connectivity index (χ4v) is 4.69. The second-order valence-electron chi connectivity index (χ2n) is 6.45. The molecule has 0 aliphatic carbocycles. The monoisotopic (exact) mass is 401 g/mol. The number of likely N-dealkylation sites (N-methyl/N-ethyl adjacent to an activating group) is 1. The average Bonchev–Trinajstić information content (AvgIpc) is 2.74. The molecule has 0 amide bonds. The van der Waals surface area contributed by atoms with Gasteiger partial charge in [0.05, 0.1) is 14.2 Å². The number of rotatable bonds is 8. The smallest absolute Gasteiger partial charge is 0.324 e. The zero-order chi connectivity index (χ0) is 20.1. The minimum atomic E-state index is -0.390. The highest BCUT2D eigenvalue weighted by Gasteiger charge is 2.34. The molecule has 0 saturated carbocycles. The van der Waals surface area contributed by atoms with Gasteiger partial charge in [-0.15, -0.1) is 11.8 Å². The molecule has 2 aromatic rings. The van der Waals surface area contributed by atoms with Crippen molar-refractivity contribution in [3.63, 3.8) is 0 Å². The van der Waals surface area contributed by atoms with Crippen molar-refractivity contribution < 1.29 is 19.0 Å². The van der Waals surface area contributed by atoms with Crippen LogP contribution in [0.5, 0.6) is 11.5 Å². The van der Waals surface area contributed by atoms with Crippen LogP contribution in [0.4, 0.5) is 0 Å². The Labute approximate surface area is 171 Å². The largest absolute Gasteiger partial charge is 0.493 e. The van der Waals surface area contributed by atoms with Gasteiger partial charge in [0, 0.05) is 17.0 Å². The fraction of sp³-hybridized carbons (Fsp3) is 0.409. The van der Waals surface area contributed by atoms with Crippen LogP contribution >= 0.6 is 11.8 Å². The van der Waals surface area contributed by atoms with Gasteiger partial charge in [0.25, 0.3) is 0 Å². The summed E-state index contributed by atoms with van der Waals surface area (Å²) in [5, 5.41) is -0.390. The van der Waals surface area contributed by atoms with Crippen LogP contribution in [0, 0.1) is 0 Å². The second-order valence-corrected chi connectivity index (χ2v) is 7.60. The standard InChI is InChI=1S/C22H27NO4S/c1-5-23(6-2)13-14-27-22(24)21-16-10-8-7-9-15(16)19-18(28-21)12-11-17(25-3)20(19)26-4/h7-12,21H,5-6,13-14H2,1-4H3. The summed E-state index contributed by atoms with van der Waals surface area (Å²) in [4.78, 5) is 16.1. The van der Waals surface area contributed by atoms with Gasteiger partial charge in [0.1, 0.15) is 11.9 Å². The summed E-state index contributed by atoms with van der Waals surface area (Å²) in [6.07, 6.45) is 0. The molecule has 0 N–H and O–H groups in total. The number of nitrogens with zero attached hydrogens (tertiary/aromatic N) is 1. The number of carbonyl (C=O) groups excluding carboxylic acids is 1. The van der Waals surface area contributed by atoms with Crippen LogP contribution in [0.3, 0.4) is 0 Å². The Morgan fingerprint density at radius 2 is 1.82 bits per heavy atom. The molecule has 1 unspecified atom stereocenters. The summed E-state index contributed by atoms with van der Waals surface area (Å²) < 4.78 is 16.7. The zero-order valence-electron chi connectivity index (χ0n) is 16.9. The molecule has 0 bridgehead atoms.